The maximum absolute atomic E-state index is 5.95. The smallest absolute Gasteiger partial charge is 0.224 e. The summed E-state index contributed by atoms with van der Waals surface area (Å²) in [6.45, 7) is 5.12. The van der Waals surface area contributed by atoms with Gasteiger partial charge >= 0.3 is 0 Å². The number of aromatic nitrogens is 2. The average Bonchev–Trinajstić information content (AvgIpc) is 2.36. The van der Waals surface area contributed by atoms with Crippen LogP contribution in [0.5, 0.6) is 0 Å². The van der Waals surface area contributed by atoms with E-state index in [4.69, 9.17) is 11.6 Å². The molecule has 0 aliphatic heterocycles. The first kappa shape index (κ1) is 12.1. The second-order valence-corrected chi connectivity index (χ2v) is 4.37. The van der Waals surface area contributed by atoms with Gasteiger partial charge in [-0.05, 0) is 42.6 Å². The third-order valence-corrected chi connectivity index (χ3v) is 3.13. The lowest BCUT2D eigenvalue weighted by Crippen LogP contribution is -2.18. The number of halogens is 1. The standard InChI is InChI=1S/C13H16ClN3/c1-4-9-6-7-11-10(8-9)12(17(3)5-2)16-13(14)15-11/h6-8H,4-5H2,1-3H3. The van der Waals surface area contributed by atoms with Gasteiger partial charge in [-0.15, -0.1) is 0 Å². The Labute approximate surface area is 106 Å². The van der Waals surface area contributed by atoms with Gasteiger partial charge < -0.3 is 4.90 Å². The molecule has 0 saturated heterocycles. The van der Waals surface area contributed by atoms with Crippen molar-refractivity contribution >= 4 is 28.3 Å². The van der Waals surface area contributed by atoms with Gasteiger partial charge in [0.25, 0.3) is 0 Å². The maximum atomic E-state index is 5.95. The van der Waals surface area contributed by atoms with Crippen LogP contribution in [-0.4, -0.2) is 23.6 Å². The molecular formula is C13H16ClN3. The third kappa shape index (κ3) is 2.34. The van der Waals surface area contributed by atoms with Gasteiger partial charge in [0.15, 0.2) is 0 Å². The van der Waals surface area contributed by atoms with Crippen LogP contribution in [0.15, 0.2) is 18.2 Å². The predicted molar refractivity (Wildman–Crippen MR) is 72.9 cm³/mol. The van der Waals surface area contributed by atoms with Crippen molar-refractivity contribution in [2.45, 2.75) is 20.3 Å². The number of benzene rings is 1. The van der Waals surface area contributed by atoms with E-state index in [1.165, 1.54) is 5.56 Å². The number of aryl methyl sites for hydroxylation is 1. The second kappa shape index (κ2) is 4.88. The lowest BCUT2D eigenvalue weighted by Gasteiger charge is -2.18. The molecule has 0 aliphatic rings. The fourth-order valence-corrected chi connectivity index (χ4v) is 1.96. The molecule has 0 fully saturated rings. The van der Waals surface area contributed by atoms with E-state index in [1.807, 2.05) is 13.1 Å². The van der Waals surface area contributed by atoms with E-state index in [2.05, 4.69) is 40.8 Å². The van der Waals surface area contributed by atoms with Gasteiger partial charge in [-0.2, -0.15) is 4.98 Å². The van der Waals surface area contributed by atoms with Crippen molar-refractivity contribution in [3.8, 4) is 0 Å². The van der Waals surface area contributed by atoms with Crippen LogP contribution in [-0.2, 0) is 6.42 Å². The molecule has 4 heteroatoms. The highest BCUT2D eigenvalue weighted by molar-refractivity contribution is 6.28. The predicted octanol–water partition coefficient (Wildman–Crippen LogP) is 3.30. The minimum Gasteiger partial charge on any atom is -0.359 e. The van der Waals surface area contributed by atoms with Gasteiger partial charge in [0.05, 0.1) is 5.52 Å². The molecule has 0 saturated carbocycles. The van der Waals surface area contributed by atoms with Crippen LogP contribution < -0.4 is 4.90 Å². The molecule has 1 aromatic carbocycles. The molecule has 2 rings (SSSR count). The molecule has 3 nitrogen and oxygen atoms in total. The van der Waals surface area contributed by atoms with Crippen LogP contribution >= 0.6 is 11.6 Å². The van der Waals surface area contributed by atoms with Crippen LogP contribution in [0, 0.1) is 0 Å². The summed E-state index contributed by atoms with van der Waals surface area (Å²) in [5, 5.41) is 1.37. The quantitative estimate of drug-likeness (QED) is 0.782. The summed E-state index contributed by atoms with van der Waals surface area (Å²) >= 11 is 5.95. The molecule has 0 amide bonds. The highest BCUT2D eigenvalue weighted by Gasteiger charge is 2.10. The van der Waals surface area contributed by atoms with Gasteiger partial charge in [0.2, 0.25) is 5.28 Å². The molecule has 0 bridgehead atoms. The number of anilines is 1. The van der Waals surface area contributed by atoms with Gasteiger partial charge in [-0.1, -0.05) is 13.0 Å². The topological polar surface area (TPSA) is 29.0 Å². The summed E-state index contributed by atoms with van der Waals surface area (Å²) in [7, 11) is 2.01. The lowest BCUT2D eigenvalue weighted by molar-refractivity contribution is 0.940. The summed E-state index contributed by atoms with van der Waals surface area (Å²) in [5.41, 5.74) is 2.19. The van der Waals surface area contributed by atoms with E-state index in [0.717, 1.165) is 29.7 Å². The van der Waals surface area contributed by atoms with Crippen molar-refractivity contribution in [1.82, 2.24) is 9.97 Å². The van der Waals surface area contributed by atoms with Gasteiger partial charge in [-0.25, -0.2) is 4.98 Å². The van der Waals surface area contributed by atoms with E-state index in [1.54, 1.807) is 0 Å². The molecule has 17 heavy (non-hydrogen) atoms. The zero-order valence-electron chi connectivity index (χ0n) is 10.4. The minimum atomic E-state index is 0.303. The summed E-state index contributed by atoms with van der Waals surface area (Å²) < 4.78 is 0. The average molecular weight is 250 g/mol. The van der Waals surface area contributed by atoms with Crippen molar-refractivity contribution in [3.05, 3.63) is 29.0 Å². The molecule has 0 spiro atoms. The van der Waals surface area contributed by atoms with E-state index in [9.17, 15) is 0 Å². The normalized spacial score (nSPS) is 10.8. The van der Waals surface area contributed by atoms with E-state index >= 15 is 0 Å². The van der Waals surface area contributed by atoms with Crippen molar-refractivity contribution < 1.29 is 0 Å². The van der Waals surface area contributed by atoms with E-state index in [-0.39, 0.29) is 0 Å². The molecule has 1 heterocycles. The van der Waals surface area contributed by atoms with Crippen LogP contribution in [0.3, 0.4) is 0 Å². The van der Waals surface area contributed by atoms with Gasteiger partial charge in [0.1, 0.15) is 5.82 Å². The summed E-state index contributed by atoms with van der Waals surface area (Å²) in [4.78, 5) is 10.7. The number of rotatable bonds is 3. The Morgan fingerprint density at radius 1 is 1.24 bits per heavy atom. The zero-order chi connectivity index (χ0) is 12.4. The Hall–Kier alpha value is -1.35. The zero-order valence-corrected chi connectivity index (χ0v) is 11.1. The molecule has 1 aromatic heterocycles. The SMILES string of the molecule is CCc1ccc2nc(Cl)nc(N(C)CC)c2c1. The Bertz CT molecular complexity index is 539. The van der Waals surface area contributed by atoms with Crippen molar-refractivity contribution in [1.29, 1.82) is 0 Å². The molecule has 0 radical (unpaired) electrons. The Kier molecular flexibility index (Phi) is 3.48. The monoisotopic (exact) mass is 249 g/mol. The van der Waals surface area contributed by atoms with Crippen molar-refractivity contribution in [3.63, 3.8) is 0 Å². The Morgan fingerprint density at radius 2 is 2.00 bits per heavy atom. The number of fused-ring (bicyclic) bond motifs is 1. The largest absolute Gasteiger partial charge is 0.359 e. The Morgan fingerprint density at radius 3 is 2.65 bits per heavy atom. The first-order valence-electron chi connectivity index (χ1n) is 5.83. The molecular weight excluding hydrogens is 234 g/mol. The van der Waals surface area contributed by atoms with Crippen molar-refractivity contribution in [2.75, 3.05) is 18.5 Å². The first-order chi connectivity index (χ1) is 8.15. The molecule has 0 atom stereocenters. The van der Waals surface area contributed by atoms with Crippen LogP contribution in [0.4, 0.5) is 5.82 Å². The third-order valence-electron chi connectivity index (χ3n) is 2.96. The highest BCUT2D eigenvalue weighted by atomic mass is 35.5. The highest BCUT2D eigenvalue weighted by Crippen LogP contribution is 2.25. The molecule has 0 N–H and O–H groups in total. The van der Waals surface area contributed by atoms with Crippen LogP contribution in [0.25, 0.3) is 10.9 Å². The molecule has 2 aromatic rings. The second-order valence-electron chi connectivity index (χ2n) is 4.04. The van der Waals surface area contributed by atoms with Crippen molar-refractivity contribution in [2.24, 2.45) is 0 Å². The fourth-order valence-electron chi connectivity index (χ4n) is 1.79. The van der Waals surface area contributed by atoms with E-state index < -0.39 is 0 Å². The fraction of sp³-hybridized carbons (Fsp3) is 0.385. The maximum Gasteiger partial charge on any atom is 0.224 e. The number of nitrogens with zero attached hydrogens (tertiary/aromatic N) is 3. The molecule has 0 aliphatic carbocycles. The summed E-state index contributed by atoms with van der Waals surface area (Å²) in [6.07, 6.45) is 1.01. The minimum absolute atomic E-state index is 0.303. The Balaban J connectivity index is 2.70. The molecule has 0 unspecified atom stereocenters. The van der Waals surface area contributed by atoms with Crippen LogP contribution in [0.1, 0.15) is 19.4 Å². The van der Waals surface area contributed by atoms with E-state index in [0.29, 0.717) is 5.28 Å². The summed E-state index contributed by atoms with van der Waals surface area (Å²) in [6, 6.07) is 6.24. The van der Waals surface area contributed by atoms with Gasteiger partial charge in [-0.3, -0.25) is 0 Å². The van der Waals surface area contributed by atoms with Gasteiger partial charge in [0, 0.05) is 19.0 Å². The number of hydrogen-bond acceptors (Lipinski definition) is 3. The number of hydrogen-bond donors (Lipinski definition) is 0. The first-order valence-corrected chi connectivity index (χ1v) is 6.20. The lowest BCUT2D eigenvalue weighted by atomic mass is 10.1. The molecule has 90 valence electrons. The summed E-state index contributed by atoms with van der Waals surface area (Å²) in [5.74, 6) is 0.901. The van der Waals surface area contributed by atoms with Crippen LogP contribution in [0.2, 0.25) is 5.28 Å².